The van der Waals surface area contributed by atoms with Crippen LogP contribution in [0.25, 0.3) is 21.1 Å². The molecule has 0 saturated carbocycles. The van der Waals surface area contributed by atoms with Crippen molar-refractivity contribution >= 4 is 38.4 Å². The predicted molar refractivity (Wildman–Crippen MR) is 107 cm³/mol. The lowest BCUT2D eigenvalue weighted by atomic mass is 9.96. The molecule has 0 aliphatic rings. The summed E-state index contributed by atoms with van der Waals surface area (Å²) in [6.07, 6.45) is 0.425. The summed E-state index contributed by atoms with van der Waals surface area (Å²) in [6.45, 7) is 1.77. The van der Waals surface area contributed by atoms with Crippen LogP contribution in [-0.2, 0) is 16.1 Å². The summed E-state index contributed by atoms with van der Waals surface area (Å²) >= 11 is 1.28. The lowest BCUT2D eigenvalue weighted by Gasteiger charge is -2.14. The minimum absolute atomic E-state index is 0.0559. The van der Waals surface area contributed by atoms with Crippen LogP contribution in [-0.4, -0.2) is 15.9 Å². The van der Waals surface area contributed by atoms with E-state index in [0.29, 0.717) is 21.7 Å². The number of ether oxygens (including phenoxy) is 1. The number of aromatic nitrogens is 2. The number of hydrogen-bond acceptors (Lipinski definition) is 5. The number of nitrogens with zero attached hydrogens (tertiary/aromatic N) is 1. The van der Waals surface area contributed by atoms with Crippen LogP contribution in [0.5, 0.6) is 0 Å². The quantitative estimate of drug-likeness (QED) is 0.504. The van der Waals surface area contributed by atoms with Crippen molar-refractivity contribution < 1.29 is 13.9 Å². The molecule has 4 rings (SSSR count). The molecule has 5 nitrogen and oxygen atoms in total. The van der Waals surface area contributed by atoms with Crippen LogP contribution in [0.1, 0.15) is 29.8 Å². The van der Waals surface area contributed by atoms with E-state index < -0.39 is 17.7 Å². The number of esters is 1. The number of carbonyl (C=O) groups excluding carboxylic acids is 1. The van der Waals surface area contributed by atoms with E-state index >= 15 is 0 Å². The van der Waals surface area contributed by atoms with Gasteiger partial charge in [-0.1, -0.05) is 31.2 Å². The van der Waals surface area contributed by atoms with Crippen LogP contribution in [0.4, 0.5) is 4.39 Å². The molecule has 2 aromatic carbocycles. The van der Waals surface area contributed by atoms with Crippen molar-refractivity contribution in [2.75, 3.05) is 0 Å². The predicted octanol–water partition coefficient (Wildman–Crippen LogP) is 4.51. The lowest BCUT2D eigenvalue weighted by Crippen LogP contribution is -2.23. The number of aromatic amines is 1. The number of rotatable bonds is 5. The van der Waals surface area contributed by atoms with Gasteiger partial charge >= 0.3 is 5.97 Å². The standard InChI is InChI=1S/C21H17FN2O3S/c1-2-13(14-10-12-6-3-4-8-16(12)23-20(14)25)21(26)27-11-18-24-19-15(22)7-5-9-17(19)28-18/h3-10,13H,2,11H2,1H3,(H,23,25). The number of H-pyrrole nitrogens is 1. The molecule has 0 bridgehead atoms. The largest absolute Gasteiger partial charge is 0.458 e. The van der Waals surface area contributed by atoms with Gasteiger partial charge in [-0.25, -0.2) is 9.37 Å². The summed E-state index contributed by atoms with van der Waals surface area (Å²) in [5.74, 6) is -1.58. The van der Waals surface area contributed by atoms with E-state index in [4.69, 9.17) is 4.74 Å². The van der Waals surface area contributed by atoms with Crippen LogP contribution < -0.4 is 5.56 Å². The van der Waals surface area contributed by atoms with Gasteiger partial charge in [-0.05, 0) is 36.1 Å². The molecular formula is C21H17FN2O3S. The summed E-state index contributed by atoms with van der Waals surface area (Å²) in [4.78, 5) is 32.1. The Balaban J connectivity index is 1.56. The number of carbonyl (C=O) groups is 1. The van der Waals surface area contributed by atoms with E-state index in [1.807, 2.05) is 31.2 Å². The Morgan fingerprint density at radius 3 is 2.86 bits per heavy atom. The summed E-state index contributed by atoms with van der Waals surface area (Å²) in [5, 5.41) is 1.36. The van der Waals surface area contributed by atoms with E-state index in [0.717, 1.165) is 10.9 Å². The maximum absolute atomic E-state index is 13.8. The smallest absolute Gasteiger partial charge is 0.314 e. The molecule has 1 atom stereocenters. The summed E-state index contributed by atoms with van der Waals surface area (Å²) in [6, 6.07) is 13.9. The fraction of sp³-hybridized carbons (Fsp3) is 0.190. The lowest BCUT2D eigenvalue weighted by molar-refractivity contribution is -0.146. The van der Waals surface area contributed by atoms with Crippen molar-refractivity contribution in [3.63, 3.8) is 0 Å². The Morgan fingerprint density at radius 2 is 2.07 bits per heavy atom. The van der Waals surface area contributed by atoms with Gasteiger partial charge in [0.15, 0.2) is 0 Å². The number of benzene rings is 2. The molecule has 0 amide bonds. The van der Waals surface area contributed by atoms with Gasteiger partial charge in [0, 0.05) is 11.1 Å². The van der Waals surface area contributed by atoms with E-state index in [9.17, 15) is 14.0 Å². The molecule has 142 valence electrons. The first-order valence-electron chi connectivity index (χ1n) is 8.89. The zero-order valence-electron chi connectivity index (χ0n) is 15.1. The van der Waals surface area contributed by atoms with Crippen molar-refractivity contribution in [2.24, 2.45) is 0 Å². The fourth-order valence-electron chi connectivity index (χ4n) is 3.19. The summed E-state index contributed by atoms with van der Waals surface area (Å²) < 4.78 is 19.9. The molecule has 0 aliphatic carbocycles. The highest BCUT2D eigenvalue weighted by atomic mass is 32.1. The van der Waals surface area contributed by atoms with Crippen molar-refractivity contribution in [1.82, 2.24) is 9.97 Å². The first-order chi connectivity index (χ1) is 13.6. The third kappa shape index (κ3) is 3.41. The number of hydrogen-bond donors (Lipinski definition) is 1. The fourth-order valence-corrected chi connectivity index (χ4v) is 4.09. The number of nitrogens with one attached hydrogen (secondary N) is 1. The van der Waals surface area contributed by atoms with Gasteiger partial charge in [0.2, 0.25) is 0 Å². The third-order valence-electron chi connectivity index (χ3n) is 4.60. The molecule has 0 radical (unpaired) electrons. The Kier molecular flexibility index (Phi) is 4.92. The molecule has 0 spiro atoms. The molecule has 7 heteroatoms. The molecule has 4 aromatic rings. The average molecular weight is 396 g/mol. The molecular weight excluding hydrogens is 379 g/mol. The molecule has 1 unspecified atom stereocenters. The summed E-state index contributed by atoms with van der Waals surface area (Å²) in [7, 11) is 0. The molecule has 2 aromatic heterocycles. The van der Waals surface area contributed by atoms with Crippen molar-refractivity contribution in [2.45, 2.75) is 25.9 Å². The van der Waals surface area contributed by atoms with Gasteiger partial charge in [-0.3, -0.25) is 9.59 Å². The van der Waals surface area contributed by atoms with Crippen LogP contribution in [0.3, 0.4) is 0 Å². The van der Waals surface area contributed by atoms with Gasteiger partial charge in [0.25, 0.3) is 5.56 Å². The second-order valence-corrected chi connectivity index (χ2v) is 7.52. The Labute approximate surface area is 163 Å². The highest BCUT2D eigenvalue weighted by Gasteiger charge is 2.24. The van der Waals surface area contributed by atoms with E-state index in [2.05, 4.69) is 9.97 Å². The van der Waals surface area contributed by atoms with Crippen LogP contribution in [0, 0.1) is 5.82 Å². The summed E-state index contributed by atoms with van der Waals surface area (Å²) in [5.41, 5.74) is 1.07. The molecule has 1 N–H and O–H groups in total. The van der Waals surface area contributed by atoms with Gasteiger partial charge in [0.05, 0.1) is 10.6 Å². The van der Waals surface area contributed by atoms with Gasteiger partial charge in [-0.2, -0.15) is 0 Å². The minimum atomic E-state index is -0.681. The number of thiazole rings is 1. The number of para-hydroxylation sites is 2. The Bertz CT molecular complexity index is 1230. The van der Waals surface area contributed by atoms with Crippen molar-refractivity contribution in [3.05, 3.63) is 75.3 Å². The number of pyridine rings is 1. The topological polar surface area (TPSA) is 72.0 Å². The monoisotopic (exact) mass is 396 g/mol. The minimum Gasteiger partial charge on any atom is -0.458 e. The van der Waals surface area contributed by atoms with Gasteiger partial charge < -0.3 is 9.72 Å². The van der Waals surface area contributed by atoms with Crippen molar-refractivity contribution in [1.29, 1.82) is 0 Å². The van der Waals surface area contributed by atoms with Crippen molar-refractivity contribution in [3.8, 4) is 0 Å². The van der Waals surface area contributed by atoms with Crippen LogP contribution in [0.15, 0.2) is 53.3 Å². The van der Waals surface area contributed by atoms with Gasteiger partial charge in [0.1, 0.15) is 22.9 Å². The van der Waals surface area contributed by atoms with Crippen LogP contribution >= 0.6 is 11.3 Å². The number of fused-ring (bicyclic) bond motifs is 2. The molecule has 0 aliphatic heterocycles. The van der Waals surface area contributed by atoms with E-state index in [1.54, 1.807) is 18.2 Å². The second kappa shape index (κ2) is 7.52. The first kappa shape index (κ1) is 18.3. The van der Waals surface area contributed by atoms with E-state index in [1.165, 1.54) is 17.4 Å². The second-order valence-electron chi connectivity index (χ2n) is 6.40. The maximum atomic E-state index is 13.8. The zero-order chi connectivity index (χ0) is 19.7. The van der Waals surface area contributed by atoms with Gasteiger partial charge in [-0.15, -0.1) is 11.3 Å². The first-order valence-corrected chi connectivity index (χ1v) is 9.71. The Hall–Kier alpha value is -3.06. The van der Waals surface area contributed by atoms with E-state index in [-0.39, 0.29) is 17.7 Å². The molecule has 0 fully saturated rings. The maximum Gasteiger partial charge on any atom is 0.314 e. The zero-order valence-corrected chi connectivity index (χ0v) is 15.9. The third-order valence-corrected chi connectivity index (χ3v) is 5.60. The highest BCUT2D eigenvalue weighted by Crippen LogP contribution is 2.26. The highest BCUT2D eigenvalue weighted by molar-refractivity contribution is 7.18. The number of halogens is 1. The molecule has 28 heavy (non-hydrogen) atoms. The molecule has 2 heterocycles. The Morgan fingerprint density at radius 1 is 1.25 bits per heavy atom. The van der Waals surface area contributed by atoms with Crippen LogP contribution in [0.2, 0.25) is 0 Å². The SMILES string of the molecule is CCC(C(=O)OCc1nc2c(F)cccc2s1)c1cc2ccccc2[nH]c1=O. The normalized spacial score (nSPS) is 12.4. The average Bonchev–Trinajstić information content (AvgIpc) is 3.12. The molecule has 0 saturated heterocycles.